The minimum atomic E-state index is -0.572. The number of para-hydroxylation sites is 2. The Morgan fingerprint density at radius 1 is 1.00 bits per heavy atom. The summed E-state index contributed by atoms with van der Waals surface area (Å²) in [6.45, 7) is 1.84. The van der Waals surface area contributed by atoms with Crippen molar-refractivity contribution in [1.82, 2.24) is 5.32 Å². The first-order valence-electron chi connectivity index (χ1n) is 10.6. The number of carbonyl (C=O) groups excluding carboxylic acids is 1. The molecule has 174 valence electrons. The Hall–Kier alpha value is -3.91. The molecule has 3 aromatic rings. The smallest absolute Gasteiger partial charge is 0.255 e. The summed E-state index contributed by atoms with van der Waals surface area (Å²) in [5.41, 5.74) is 3.12. The van der Waals surface area contributed by atoms with Gasteiger partial charge in [-0.3, -0.25) is 9.69 Å². The number of anilines is 2. The molecular weight excluding hydrogens is 453 g/mol. The number of amides is 1. The highest BCUT2D eigenvalue weighted by molar-refractivity contribution is 7.80. The fraction of sp³-hybridized carbons (Fsp3) is 0.154. The van der Waals surface area contributed by atoms with E-state index in [4.69, 9.17) is 21.7 Å². The number of hydrogen-bond acceptors (Lipinski definition) is 4. The molecule has 0 fully saturated rings. The number of benzene rings is 3. The van der Waals surface area contributed by atoms with E-state index in [-0.39, 0.29) is 11.7 Å². The third kappa shape index (κ3) is 4.58. The molecule has 1 amide bonds. The standard InChI is InChI=1S/C26H24FN3O3S/c1-16-23(25(31)28-21-6-4-5-7-22(21)33-3)24(17-8-10-18(27)11-9-17)29-26(34)30(16)19-12-14-20(32-2)15-13-19/h4-15,24H,1-3H3,(H,28,31)(H,29,34). The van der Waals surface area contributed by atoms with E-state index in [1.54, 1.807) is 43.4 Å². The van der Waals surface area contributed by atoms with Crippen molar-refractivity contribution in [3.05, 3.63) is 95.4 Å². The van der Waals surface area contributed by atoms with E-state index < -0.39 is 6.04 Å². The van der Waals surface area contributed by atoms with Crippen LogP contribution >= 0.6 is 12.2 Å². The topological polar surface area (TPSA) is 62.8 Å². The summed E-state index contributed by atoms with van der Waals surface area (Å²) >= 11 is 5.68. The fourth-order valence-corrected chi connectivity index (χ4v) is 4.28. The first-order valence-corrected chi connectivity index (χ1v) is 11.0. The van der Waals surface area contributed by atoms with Crippen LogP contribution in [0.5, 0.6) is 11.5 Å². The van der Waals surface area contributed by atoms with E-state index in [0.717, 1.165) is 5.69 Å². The van der Waals surface area contributed by atoms with Crippen LogP contribution in [0.3, 0.4) is 0 Å². The molecule has 1 aliphatic rings. The van der Waals surface area contributed by atoms with Crippen molar-refractivity contribution in [3.63, 3.8) is 0 Å². The monoisotopic (exact) mass is 477 g/mol. The molecule has 34 heavy (non-hydrogen) atoms. The molecule has 0 aliphatic carbocycles. The van der Waals surface area contributed by atoms with Crippen LogP contribution in [0, 0.1) is 5.82 Å². The van der Waals surface area contributed by atoms with Crippen LogP contribution in [0.2, 0.25) is 0 Å². The maximum atomic E-state index is 13.7. The lowest BCUT2D eigenvalue weighted by atomic mass is 9.94. The van der Waals surface area contributed by atoms with Crippen molar-refractivity contribution >= 4 is 34.6 Å². The summed E-state index contributed by atoms with van der Waals surface area (Å²) in [4.78, 5) is 15.4. The number of hydrogen-bond donors (Lipinski definition) is 2. The average molecular weight is 478 g/mol. The Morgan fingerprint density at radius 3 is 2.32 bits per heavy atom. The minimum absolute atomic E-state index is 0.329. The van der Waals surface area contributed by atoms with Gasteiger partial charge in [0.1, 0.15) is 17.3 Å². The van der Waals surface area contributed by atoms with Crippen LogP contribution in [0.15, 0.2) is 84.1 Å². The molecule has 1 unspecified atom stereocenters. The van der Waals surface area contributed by atoms with Gasteiger partial charge < -0.3 is 20.1 Å². The third-order valence-corrected chi connectivity index (χ3v) is 5.92. The van der Waals surface area contributed by atoms with E-state index >= 15 is 0 Å². The fourth-order valence-electron chi connectivity index (χ4n) is 3.92. The van der Waals surface area contributed by atoms with Gasteiger partial charge in [-0.1, -0.05) is 24.3 Å². The number of nitrogens with zero attached hydrogens (tertiary/aromatic N) is 1. The molecule has 0 radical (unpaired) electrons. The molecule has 0 saturated heterocycles. The van der Waals surface area contributed by atoms with E-state index in [1.165, 1.54) is 12.1 Å². The highest BCUT2D eigenvalue weighted by atomic mass is 32.1. The van der Waals surface area contributed by atoms with Crippen LogP contribution in [0.25, 0.3) is 0 Å². The molecule has 1 heterocycles. The van der Waals surface area contributed by atoms with Crippen molar-refractivity contribution in [2.24, 2.45) is 0 Å². The maximum Gasteiger partial charge on any atom is 0.255 e. The Bertz CT molecular complexity index is 1240. The van der Waals surface area contributed by atoms with Crippen LogP contribution in [0.1, 0.15) is 18.5 Å². The van der Waals surface area contributed by atoms with Crippen molar-refractivity contribution in [2.45, 2.75) is 13.0 Å². The lowest BCUT2D eigenvalue weighted by molar-refractivity contribution is -0.113. The second kappa shape index (κ2) is 9.93. The van der Waals surface area contributed by atoms with Crippen molar-refractivity contribution in [1.29, 1.82) is 0 Å². The second-order valence-electron chi connectivity index (χ2n) is 7.62. The summed E-state index contributed by atoms with van der Waals surface area (Å²) in [6, 6.07) is 20.0. The van der Waals surface area contributed by atoms with Gasteiger partial charge in [-0.15, -0.1) is 0 Å². The summed E-state index contributed by atoms with van der Waals surface area (Å²) in [5.74, 6) is 0.561. The highest BCUT2D eigenvalue weighted by Gasteiger charge is 2.35. The minimum Gasteiger partial charge on any atom is -0.497 e. The zero-order chi connectivity index (χ0) is 24.2. The molecule has 4 rings (SSSR count). The van der Waals surface area contributed by atoms with Gasteiger partial charge in [0.15, 0.2) is 5.11 Å². The van der Waals surface area contributed by atoms with E-state index in [1.807, 2.05) is 43.3 Å². The molecule has 0 bridgehead atoms. The van der Waals surface area contributed by atoms with Gasteiger partial charge in [0.05, 0.1) is 31.5 Å². The molecule has 8 heteroatoms. The van der Waals surface area contributed by atoms with E-state index in [2.05, 4.69) is 10.6 Å². The van der Waals surface area contributed by atoms with Gasteiger partial charge in [0.25, 0.3) is 5.91 Å². The SMILES string of the molecule is COc1ccc(N2C(=S)NC(c3ccc(F)cc3)C(C(=O)Nc3ccccc3OC)=C2C)cc1. The number of thiocarbonyl (C=S) groups is 1. The molecule has 6 nitrogen and oxygen atoms in total. The number of nitrogens with one attached hydrogen (secondary N) is 2. The Morgan fingerprint density at radius 2 is 1.68 bits per heavy atom. The van der Waals surface area contributed by atoms with Gasteiger partial charge in [0, 0.05) is 11.4 Å². The molecule has 2 N–H and O–H groups in total. The molecule has 0 saturated carbocycles. The van der Waals surface area contributed by atoms with Crippen LogP contribution in [-0.4, -0.2) is 25.2 Å². The molecule has 0 spiro atoms. The predicted octanol–water partition coefficient (Wildman–Crippen LogP) is 5.19. The summed E-state index contributed by atoms with van der Waals surface area (Å²) < 4.78 is 24.2. The van der Waals surface area contributed by atoms with Crippen molar-refractivity contribution in [2.75, 3.05) is 24.4 Å². The molecule has 1 atom stereocenters. The quantitative estimate of drug-likeness (QED) is 0.477. The number of rotatable bonds is 6. The second-order valence-corrected chi connectivity index (χ2v) is 8.01. The summed E-state index contributed by atoms with van der Waals surface area (Å²) in [7, 11) is 3.14. The molecule has 3 aromatic carbocycles. The highest BCUT2D eigenvalue weighted by Crippen LogP contribution is 2.35. The number of carbonyl (C=O) groups is 1. The molecule has 1 aliphatic heterocycles. The third-order valence-electron chi connectivity index (χ3n) is 5.62. The normalized spacial score (nSPS) is 15.6. The summed E-state index contributed by atoms with van der Waals surface area (Å²) in [5, 5.41) is 6.63. The molecular formula is C26H24FN3O3S. The summed E-state index contributed by atoms with van der Waals surface area (Å²) in [6.07, 6.45) is 0. The lowest BCUT2D eigenvalue weighted by Crippen LogP contribution is -2.48. The van der Waals surface area contributed by atoms with Crippen LogP contribution in [-0.2, 0) is 4.79 Å². The van der Waals surface area contributed by atoms with Gasteiger partial charge in [0.2, 0.25) is 0 Å². The van der Waals surface area contributed by atoms with E-state index in [0.29, 0.717) is 39.1 Å². The predicted molar refractivity (Wildman–Crippen MR) is 135 cm³/mol. The first-order chi connectivity index (χ1) is 16.4. The largest absolute Gasteiger partial charge is 0.497 e. The van der Waals surface area contributed by atoms with E-state index in [9.17, 15) is 9.18 Å². The Balaban J connectivity index is 1.80. The van der Waals surface area contributed by atoms with Gasteiger partial charge in [-0.05, 0) is 73.2 Å². The van der Waals surface area contributed by atoms with Gasteiger partial charge in [-0.25, -0.2) is 4.39 Å². The number of ether oxygens (including phenoxy) is 2. The Kier molecular flexibility index (Phi) is 6.79. The zero-order valence-corrected chi connectivity index (χ0v) is 19.8. The zero-order valence-electron chi connectivity index (χ0n) is 19.0. The van der Waals surface area contributed by atoms with Gasteiger partial charge >= 0.3 is 0 Å². The molecule has 0 aromatic heterocycles. The number of allylic oxidation sites excluding steroid dienone is 1. The van der Waals surface area contributed by atoms with Gasteiger partial charge in [-0.2, -0.15) is 0 Å². The van der Waals surface area contributed by atoms with Crippen LogP contribution in [0.4, 0.5) is 15.8 Å². The van der Waals surface area contributed by atoms with Crippen molar-refractivity contribution < 1.29 is 18.7 Å². The maximum absolute atomic E-state index is 13.7. The lowest BCUT2D eigenvalue weighted by Gasteiger charge is -2.38. The first kappa shape index (κ1) is 23.3. The van der Waals surface area contributed by atoms with Crippen molar-refractivity contribution in [3.8, 4) is 11.5 Å². The number of halogens is 1. The average Bonchev–Trinajstić information content (AvgIpc) is 2.85. The Labute approximate surface area is 203 Å². The van der Waals surface area contributed by atoms with Crippen LogP contribution < -0.4 is 25.0 Å². The number of methoxy groups -OCH3 is 2.